The number of methoxy groups -OCH3 is 1. The molecule has 118 valence electrons. The van der Waals surface area contributed by atoms with Crippen LogP contribution in [0.15, 0.2) is 39.1 Å². The standard InChI is InChI=1S/C13H9BrN4O5/c1-23-13(21)9-8-10(18(15-9)16-22)12(20)17(11(8)19)7-4-2-3-6(14)5-7/h2-5,8,10H,1H3. The first-order chi connectivity index (χ1) is 11.0. The van der Waals surface area contributed by atoms with Gasteiger partial charge in [-0.3, -0.25) is 9.59 Å². The number of imide groups is 1. The zero-order valence-electron chi connectivity index (χ0n) is 11.7. The van der Waals surface area contributed by atoms with Crippen molar-refractivity contribution in [1.29, 1.82) is 0 Å². The molecule has 1 aromatic rings. The predicted molar refractivity (Wildman–Crippen MR) is 81.0 cm³/mol. The number of esters is 1. The molecule has 10 heteroatoms. The molecule has 1 fully saturated rings. The number of carbonyl (C=O) groups excluding carboxylic acids is 3. The van der Waals surface area contributed by atoms with E-state index in [-0.39, 0.29) is 5.71 Å². The molecule has 0 saturated carbocycles. The van der Waals surface area contributed by atoms with Crippen LogP contribution < -0.4 is 4.90 Å². The van der Waals surface area contributed by atoms with Crippen LogP contribution in [0.1, 0.15) is 0 Å². The second kappa shape index (κ2) is 5.54. The summed E-state index contributed by atoms with van der Waals surface area (Å²) >= 11 is 3.26. The number of hydrogen-bond donors (Lipinski definition) is 0. The molecule has 0 spiro atoms. The number of hydrazone groups is 1. The molecule has 2 amide bonds. The van der Waals surface area contributed by atoms with E-state index in [0.717, 1.165) is 12.0 Å². The fraction of sp³-hybridized carbons (Fsp3) is 0.231. The quantitative estimate of drug-likeness (QED) is 0.436. The zero-order valence-corrected chi connectivity index (χ0v) is 13.3. The van der Waals surface area contributed by atoms with Crippen molar-refractivity contribution in [3.05, 3.63) is 33.6 Å². The van der Waals surface area contributed by atoms with Crippen LogP contribution in [0.4, 0.5) is 5.69 Å². The molecule has 23 heavy (non-hydrogen) atoms. The number of fused-ring (bicyclic) bond motifs is 1. The maximum atomic E-state index is 12.6. The summed E-state index contributed by atoms with van der Waals surface area (Å²) in [7, 11) is 1.12. The van der Waals surface area contributed by atoms with Gasteiger partial charge in [-0.05, 0) is 18.2 Å². The molecule has 2 heterocycles. The van der Waals surface area contributed by atoms with E-state index >= 15 is 0 Å². The Bertz CT molecular complexity index is 764. The Balaban J connectivity index is 2.05. The lowest BCUT2D eigenvalue weighted by Crippen LogP contribution is -2.36. The van der Waals surface area contributed by atoms with Crippen molar-refractivity contribution in [1.82, 2.24) is 5.12 Å². The lowest BCUT2D eigenvalue weighted by atomic mass is 9.98. The van der Waals surface area contributed by atoms with Crippen molar-refractivity contribution in [2.24, 2.45) is 16.3 Å². The largest absolute Gasteiger partial charge is 0.464 e. The summed E-state index contributed by atoms with van der Waals surface area (Å²) in [5, 5.41) is 6.77. The molecule has 3 rings (SSSR count). The lowest BCUT2D eigenvalue weighted by Gasteiger charge is -2.16. The van der Waals surface area contributed by atoms with Crippen LogP contribution in [0.2, 0.25) is 0 Å². The lowest BCUT2D eigenvalue weighted by molar-refractivity contribution is -0.133. The fourth-order valence-corrected chi connectivity index (χ4v) is 2.99. The van der Waals surface area contributed by atoms with E-state index in [1.54, 1.807) is 24.3 Å². The molecule has 9 nitrogen and oxygen atoms in total. The van der Waals surface area contributed by atoms with Crippen LogP contribution >= 0.6 is 15.9 Å². The van der Waals surface area contributed by atoms with Crippen molar-refractivity contribution in [3.63, 3.8) is 0 Å². The van der Waals surface area contributed by atoms with Gasteiger partial charge in [-0.15, -0.1) is 15.1 Å². The summed E-state index contributed by atoms with van der Waals surface area (Å²) in [5.74, 6) is -3.44. The number of carbonyl (C=O) groups is 3. The van der Waals surface area contributed by atoms with Crippen LogP contribution in [-0.2, 0) is 19.1 Å². The Labute approximate surface area is 137 Å². The minimum atomic E-state index is -1.27. The van der Waals surface area contributed by atoms with Crippen LogP contribution in [0.25, 0.3) is 0 Å². The monoisotopic (exact) mass is 380 g/mol. The van der Waals surface area contributed by atoms with Crippen molar-refractivity contribution < 1.29 is 19.1 Å². The number of nitroso groups, excluding NO2 is 1. The van der Waals surface area contributed by atoms with Gasteiger partial charge >= 0.3 is 5.97 Å². The van der Waals surface area contributed by atoms with Gasteiger partial charge in [0.15, 0.2) is 11.8 Å². The predicted octanol–water partition coefficient (Wildman–Crippen LogP) is 0.833. The molecule has 0 bridgehead atoms. The summed E-state index contributed by atoms with van der Waals surface area (Å²) in [6.45, 7) is 0. The first kappa shape index (κ1) is 15.3. The average molecular weight is 381 g/mol. The van der Waals surface area contributed by atoms with Crippen molar-refractivity contribution >= 4 is 45.1 Å². The van der Waals surface area contributed by atoms with Gasteiger partial charge in [-0.25, -0.2) is 9.69 Å². The Hall–Kier alpha value is -2.62. The normalized spacial score (nSPS) is 23.0. The molecule has 0 aliphatic carbocycles. The van der Waals surface area contributed by atoms with Crippen molar-refractivity contribution in [2.45, 2.75) is 6.04 Å². The van der Waals surface area contributed by atoms with E-state index in [1.165, 1.54) is 0 Å². The maximum absolute atomic E-state index is 12.6. The Morgan fingerprint density at radius 2 is 2.09 bits per heavy atom. The van der Waals surface area contributed by atoms with Crippen LogP contribution in [0.3, 0.4) is 0 Å². The van der Waals surface area contributed by atoms with E-state index in [2.05, 4.69) is 31.1 Å². The summed E-state index contributed by atoms with van der Waals surface area (Å²) in [6, 6.07) is 5.25. The minimum Gasteiger partial charge on any atom is -0.464 e. The number of ether oxygens (including phenoxy) is 1. The van der Waals surface area contributed by atoms with Crippen molar-refractivity contribution in [2.75, 3.05) is 12.0 Å². The van der Waals surface area contributed by atoms with Gasteiger partial charge in [0.1, 0.15) is 5.92 Å². The molecule has 2 aliphatic rings. The van der Waals surface area contributed by atoms with Gasteiger partial charge in [0.2, 0.25) is 5.91 Å². The van der Waals surface area contributed by atoms with Crippen LogP contribution in [0, 0.1) is 10.8 Å². The molecular formula is C13H9BrN4O5. The third-order valence-corrected chi connectivity index (χ3v) is 4.07. The number of amides is 2. The van der Waals surface area contributed by atoms with E-state index in [0.29, 0.717) is 15.3 Å². The maximum Gasteiger partial charge on any atom is 0.355 e. The molecule has 1 aromatic carbocycles. The third kappa shape index (κ3) is 2.22. The summed E-state index contributed by atoms with van der Waals surface area (Å²) in [4.78, 5) is 48.7. The molecule has 0 aromatic heterocycles. The molecule has 1 saturated heterocycles. The smallest absolute Gasteiger partial charge is 0.355 e. The second-order valence-corrected chi connectivity index (χ2v) is 5.71. The highest BCUT2D eigenvalue weighted by Gasteiger charge is 2.59. The summed E-state index contributed by atoms with van der Waals surface area (Å²) in [6.07, 6.45) is 0. The topological polar surface area (TPSA) is 109 Å². The number of halogens is 1. The second-order valence-electron chi connectivity index (χ2n) is 4.79. The van der Waals surface area contributed by atoms with E-state index in [1.807, 2.05) is 0 Å². The van der Waals surface area contributed by atoms with Crippen LogP contribution in [0.5, 0.6) is 0 Å². The summed E-state index contributed by atoms with van der Waals surface area (Å²) < 4.78 is 5.22. The van der Waals surface area contributed by atoms with Crippen molar-refractivity contribution in [3.8, 4) is 0 Å². The fourth-order valence-electron chi connectivity index (χ4n) is 2.60. The van der Waals surface area contributed by atoms with Gasteiger partial charge in [0.05, 0.1) is 18.1 Å². The third-order valence-electron chi connectivity index (χ3n) is 3.57. The number of hydrogen-bond acceptors (Lipinski definition) is 7. The minimum absolute atomic E-state index is 0.312. The Morgan fingerprint density at radius 3 is 2.70 bits per heavy atom. The first-order valence-corrected chi connectivity index (χ1v) is 7.21. The van der Waals surface area contributed by atoms with Gasteiger partial charge in [0.25, 0.3) is 5.91 Å². The van der Waals surface area contributed by atoms with Gasteiger partial charge < -0.3 is 4.74 Å². The van der Waals surface area contributed by atoms with E-state index in [9.17, 15) is 19.3 Å². The SMILES string of the molecule is COC(=O)C1=NN(N=O)C2C(=O)N(c3cccc(Br)c3)C(=O)C12. The first-order valence-electron chi connectivity index (χ1n) is 6.42. The van der Waals surface area contributed by atoms with E-state index in [4.69, 9.17) is 0 Å². The number of benzene rings is 1. The average Bonchev–Trinajstić information content (AvgIpc) is 3.04. The number of nitrogens with zero attached hydrogens (tertiary/aromatic N) is 4. The molecule has 0 radical (unpaired) electrons. The number of rotatable bonds is 3. The van der Waals surface area contributed by atoms with Gasteiger partial charge in [-0.2, -0.15) is 0 Å². The molecular weight excluding hydrogens is 372 g/mol. The Morgan fingerprint density at radius 1 is 1.35 bits per heavy atom. The van der Waals surface area contributed by atoms with E-state index < -0.39 is 29.7 Å². The number of anilines is 1. The Kier molecular flexibility index (Phi) is 3.68. The van der Waals surface area contributed by atoms with Crippen LogP contribution in [-0.4, -0.2) is 41.8 Å². The molecule has 2 atom stereocenters. The highest BCUT2D eigenvalue weighted by molar-refractivity contribution is 9.10. The molecule has 2 aliphatic heterocycles. The zero-order chi connectivity index (χ0) is 16.7. The highest BCUT2D eigenvalue weighted by atomic mass is 79.9. The molecule has 2 unspecified atom stereocenters. The summed E-state index contributed by atoms with van der Waals surface area (Å²) in [5.41, 5.74) is 0.00628. The highest BCUT2D eigenvalue weighted by Crippen LogP contribution is 2.36. The van der Waals surface area contributed by atoms with Gasteiger partial charge in [-0.1, -0.05) is 22.0 Å². The molecule has 0 N–H and O–H groups in total. The van der Waals surface area contributed by atoms with Gasteiger partial charge in [0, 0.05) is 4.47 Å².